The van der Waals surface area contributed by atoms with Gasteiger partial charge in [0.2, 0.25) is 5.95 Å². The number of anilines is 1. The third kappa shape index (κ3) is 3.80. The second-order valence-electron chi connectivity index (χ2n) is 6.51. The smallest absolute Gasteiger partial charge is 0.222 e. The standard InChI is InChI=1S/C18H20BrFN6O2/c1-25-17-12(10-22-18(21)23-17)15(24-25)11-8-13(19)16(14(20)9-11)28-7-4-26-2-5-27-6-3-26/h8-10H,2-7H2,1H3,(H2,21,22,23). The van der Waals surface area contributed by atoms with Crippen LogP contribution in [-0.4, -0.2) is 64.1 Å². The number of hydrogen-bond acceptors (Lipinski definition) is 7. The highest BCUT2D eigenvalue weighted by Crippen LogP contribution is 2.35. The molecule has 8 nitrogen and oxygen atoms in total. The van der Waals surface area contributed by atoms with Crippen LogP contribution < -0.4 is 10.5 Å². The average Bonchev–Trinajstić information content (AvgIpc) is 3.01. The van der Waals surface area contributed by atoms with E-state index in [1.165, 1.54) is 6.07 Å². The average molecular weight is 451 g/mol. The van der Waals surface area contributed by atoms with Gasteiger partial charge in [-0.2, -0.15) is 10.1 Å². The molecule has 4 rings (SSSR count). The van der Waals surface area contributed by atoms with Crippen molar-refractivity contribution < 1.29 is 13.9 Å². The van der Waals surface area contributed by atoms with Crippen LogP contribution >= 0.6 is 15.9 Å². The highest BCUT2D eigenvalue weighted by atomic mass is 79.9. The summed E-state index contributed by atoms with van der Waals surface area (Å²) in [6, 6.07) is 3.19. The molecule has 0 aliphatic carbocycles. The summed E-state index contributed by atoms with van der Waals surface area (Å²) in [5.74, 6) is -0.0994. The van der Waals surface area contributed by atoms with Crippen molar-refractivity contribution in [3.05, 3.63) is 28.6 Å². The first-order valence-electron chi connectivity index (χ1n) is 8.90. The van der Waals surface area contributed by atoms with Gasteiger partial charge in [-0.1, -0.05) is 0 Å². The quantitative estimate of drug-likeness (QED) is 0.636. The van der Waals surface area contributed by atoms with Crippen LogP contribution in [0.3, 0.4) is 0 Å². The van der Waals surface area contributed by atoms with E-state index in [1.807, 2.05) is 0 Å². The van der Waals surface area contributed by atoms with Gasteiger partial charge in [0, 0.05) is 38.4 Å². The van der Waals surface area contributed by atoms with Gasteiger partial charge < -0.3 is 15.2 Å². The number of aromatic nitrogens is 4. The molecule has 28 heavy (non-hydrogen) atoms. The molecular formula is C18H20BrFN6O2. The molecule has 2 N–H and O–H groups in total. The maximum absolute atomic E-state index is 14.8. The molecular weight excluding hydrogens is 431 g/mol. The predicted octanol–water partition coefficient (Wildman–Crippen LogP) is 2.23. The second kappa shape index (κ2) is 7.98. The number of halogens is 2. The van der Waals surface area contributed by atoms with Gasteiger partial charge in [0.05, 0.1) is 23.1 Å². The number of morpholine rings is 1. The van der Waals surface area contributed by atoms with Crippen LogP contribution in [0.15, 0.2) is 22.8 Å². The largest absolute Gasteiger partial charge is 0.488 e. The molecule has 1 aromatic carbocycles. The molecule has 10 heteroatoms. The van der Waals surface area contributed by atoms with Crippen LogP contribution in [0, 0.1) is 5.82 Å². The normalized spacial score (nSPS) is 15.2. The van der Waals surface area contributed by atoms with Crippen molar-refractivity contribution in [1.82, 2.24) is 24.6 Å². The zero-order chi connectivity index (χ0) is 19.7. The molecule has 3 heterocycles. The molecule has 148 valence electrons. The second-order valence-corrected chi connectivity index (χ2v) is 7.36. The third-order valence-corrected chi connectivity index (χ3v) is 5.22. The fourth-order valence-electron chi connectivity index (χ4n) is 3.20. The molecule has 3 aromatic rings. The number of ether oxygens (including phenoxy) is 2. The number of rotatable bonds is 5. The van der Waals surface area contributed by atoms with Gasteiger partial charge in [0.15, 0.2) is 17.2 Å². The summed E-state index contributed by atoms with van der Waals surface area (Å²) in [5.41, 5.74) is 7.42. The lowest BCUT2D eigenvalue weighted by Gasteiger charge is -2.26. The van der Waals surface area contributed by atoms with E-state index < -0.39 is 5.82 Å². The first-order valence-corrected chi connectivity index (χ1v) is 9.70. The van der Waals surface area contributed by atoms with E-state index >= 15 is 0 Å². The van der Waals surface area contributed by atoms with Crippen molar-refractivity contribution in [1.29, 1.82) is 0 Å². The summed E-state index contributed by atoms with van der Waals surface area (Å²) in [6.45, 7) is 4.30. The number of fused-ring (bicyclic) bond motifs is 1. The van der Waals surface area contributed by atoms with Crippen molar-refractivity contribution in [2.75, 3.05) is 45.2 Å². The number of aryl methyl sites for hydroxylation is 1. The Morgan fingerprint density at radius 1 is 1.32 bits per heavy atom. The molecule has 1 aliphatic heterocycles. The molecule has 0 spiro atoms. The molecule has 0 unspecified atom stereocenters. The molecule has 0 saturated carbocycles. The molecule has 0 bridgehead atoms. The fourth-order valence-corrected chi connectivity index (χ4v) is 3.75. The van der Waals surface area contributed by atoms with Crippen molar-refractivity contribution in [3.8, 4) is 17.0 Å². The van der Waals surface area contributed by atoms with Crippen molar-refractivity contribution in [2.24, 2.45) is 7.05 Å². The van der Waals surface area contributed by atoms with Crippen LogP contribution in [0.1, 0.15) is 0 Å². The first kappa shape index (κ1) is 19.0. The van der Waals surface area contributed by atoms with Gasteiger partial charge >= 0.3 is 0 Å². The van der Waals surface area contributed by atoms with Gasteiger partial charge in [-0.15, -0.1) is 0 Å². The summed E-state index contributed by atoms with van der Waals surface area (Å²) in [5, 5.41) is 5.15. The van der Waals surface area contributed by atoms with E-state index in [0.717, 1.165) is 32.8 Å². The minimum absolute atomic E-state index is 0.165. The summed E-state index contributed by atoms with van der Waals surface area (Å²) < 4.78 is 27.9. The maximum Gasteiger partial charge on any atom is 0.222 e. The summed E-state index contributed by atoms with van der Waals surface area (Å²) in [4.78, 5) is 10.4. The van der Waals surface area contributed by atoms with E-state index in [-0.39, 0.29) is 11.7 Å². The van der Waals surface area contributed by atoms with Gasteiger partial charge in [-0.25, -0.2) is 14.1 Å². The van der Waals surface area contributed by atoms with E-state index in [4.69, 9.17) is 15.2 Å². The van der Waals surface area contributed by atoms with Crippen LogP contribution in [0.4, 0.5) is 10.3 Å². The third-order valence-electron chi connectivity index (χ3n) is 4.63. The Morgan fingerprint density at radius 3 is 2.86 bits per heavy atom. The zero-order valence-electron chi connectivity index (χ0n) is 15.4. The monoisotopic (exact) mass is 450 g/mol. The van der Waals surface area contributed by atoms with Crippen molar-refractivity contribution in [3.63, 3.8) is 0 Å². The lowest BCUT2D eigenvalue weighted by Crippen LogP contribution is -2.38. The highest BCUT2D eigenvalue weighted by molar-refractivity contribution is 9.10. The van der Waals surface area contributed by atoms with E-state index in [9.17, 15) is 4.39 Å². The SMILES string of the molecule is Cn1nc(-c2cc(F)c(OCCN3CCOCC3)c(Br)c2)c2cnc(N)nc21. The molecule has 0 radical (unpaired) electrons. The Hall–Kier alpha value is -2.30. The topological polar surface area (TPSA) is 91.3 Å². The van der Waals surface area contributed by atoms with Gasteiger partial charge in [0.25, 0.3) is 0 Å². The molecule has 0 atom stereocenters. The van der Waals surface area contributed by atoms with E-state index in [1.54, 1.807) is 24.0 Å². The summed E-state index contributed by atoms with van der Waals surface area (Å²) in [7, 11) is 1.76. The Morgan fingerprint density at radius 2 is 2.11 bits per heavy atom. The molecule has 2 aromatic heterocycles. The minimum Gasteiger partial charge on any atom is -0.488 e. The number of nitrogen functional groups attached to an aromatic ring is 1. The van der Waals surface area contributed by atoms with Crippen LogP contribution in [0.2, 0.25) is 0 Å². The van der Waals surface area contributed by atoms with E-state index in [0.29, 0.717) is 33.4 Å². The number of benzene rings is 1. The number of nitrogens with zero attached hydrogens (tertiary/aromatic N) is 5. The number of nitrogens with two attached hydrogens (primary N) is 1. The first-order chi connectivity index (χ1) is 13.5. The van der Waals surface area contributed by atoms with Gasteiger partial charge in [-0.3, -0.25) is 4.90 Å². The van der Waals surface area contributed by atoms with E-state index in [2.05, 4.69) is 35.9 Å². The Kier molecular flexibility index (Phi) is 5.42. The highest BCUT2D eigenvalue weighted by Gasteiger charge is 2.18. The summed E-state index contributed by atoms with van der Waals surface area (Å²) >= 11 is 3.42. The Bertz CT molecular complexity index is 982. The minimum atomic E-state index is -0.457. The predicted molar refractivity (Wildman–Crippen MR) is 107 cm³/mol. The zero-order valence-corrected chi connectivity index (χ0v) is 16.9. The Balaban J connectivity index is 1.56. The molecule has 1 aliphatic rings. The maximum atomic E-state index is 14.8. The molecule has 0 amide bonds. The summed E-state index contributed by atoms with van der Waals surface area (Å²) in [6.07, 6.45) is 1.60. The van der Waals surface area contributed by atoms with Crippen LogP contribution in [-0.2, 0) is 11.8 Å². The van der Waals surface area contributed by atoms with Crippen LogP contribution in [0.5, 0.6) is 5.75 Å². The molecule has 1 fully saturated rings. The van der Waals surface area contributed by atoms with Crippen molar-refractivity contribution >= 4 is 32.9 Å². The fraction of sp³-hybridized carbons (Fsp3) is 0.389. The lowest BCUT2D eigenvalue weighted by atomic mass is 10.1. The van der Waals surface area contributed by atoms with Crippen molar-refractivity contribution in [2.45, 2.75) is 0 Å². The number of hydrogen-bond donors (Lipinski definition) is 1. The lowest BCUT2D eigenvalue weighted by molar-refractivity contribution is 0.0320. The molecule has 1 saturated heterocycles. The Labute approximate surface area is 169 Å². The van der Waals surface area contributed by atoms with Crippen LogP contribution in [0.25, 0.3) is 22.3 Å². The van der Waals surface area contributed by atoms with Gasteiger partial charge in [-0.05, 0) is 28.1 Å². The van der Waals surface area contributed by atoms with Gasteiger partial charge in [0.1, 0.15) is 12.3 Å².